The highest BCUT2D eigenvalue weighted by Crippen LogP contribution is 2.32. The molecule has 21 heavy (non-hydrogen) atoms. The summed E-state index contributed by atoms with van der Waals surface area (Å²) < 4.78 is 24.2. The van der Waals surface area contributed by atoms with Gasteiger partial charge in [-0.15, -0.1) is 0 Å². The van der Waals surface area contributed by atoms with Crippen molar-refractivity contribution in [2.45, 2.75) is 19.5 Å². The van der Waals surface area contributed by atoms with Crippen LogP contribution in [0.25, 0.3) is 0 Å². The van der Waals surface area contributed by atoms with Crippen molar-refractivity contribution < 1.29 is 13.9 Å². The predicted octanol–water partition coefficient (Wildman–Crippen LogP) is 3.45. The monoisotopic (exact) mass is 287 g/mol. The molecule has 1 unspecified atom stereocenters. The summed E-state index contributed by atoms with van der Waals surface area (Å²) in [4.78, 5) is 0. The van der Waals surface area contributed by atoms with Gasteiger partial charge in [0.15, 0.2) is 11.5 Å². The molecule has 1 heterocycles. The number of fused-ring (bicyclic) bond motifs is 1. The van der Waals surface area contributed by atoms with E-state index in [2.05, 4.69) is 12.2 Å². The van der Waals surface area contributed by atoms with Crippen molar-refractivity contribution in [2.75, 3.05) is 13.2 Å². The van der Waals surface area contributed by atoms with Crippen molar-refractivity contribution in [3.8, 4) is 11.5 Å². The van der Waals surface area contributed by atoms with E-state index in [0.29, 0.717) is 19.8 Å². The standard InChI is InChI=1S/C17H18FNO2/c1-12(19-11-13-3-2-4-15(18)9-13)14-5-6-16-17(10-14)21-8-7-20-16/h2-6,9-10,12,19H,7-8,11H2,1H3. The number of nitrogens with one attached hydrogen (secondary N) is 1. The van der Waals surface area contributed by atoms with Crippen molar-refractivity contribution >= 4 is 0 Å². The third-order valence-electron chi connectivity index (χ3n) is 3.57. The molecule has 3 rings (SSSR count). The molecule has 0 radical (unpaired) electrons. The minimum absolute atomic E-state index is 0.143. The second-order valence-corrected chi connectivity index (χ2v) is 5.14. The van der Waals surface area contributed by atoms with E-state index in [4.69, 9.17) is 9.47 Å². The first-order valence-corrected chi connectivity index (χ1v) is 7.10. The third-order valence-corrected chi connectivity index (χ3v) is 3.57. The van der Waals surface area contributed by atoms with E-state index in [1.807, 2.05) is 24.3 Å². The second-order valence-electron chi connectivity index (χ2n) is 5.14. The first-order valence-electron chi connectivity index (χ1n) is 7.10. The molecule has 0 bridgehead atoms. The van der Waals surface area contributed by atoms with Crippen LogP contribution in [0.5, 0.6) is 11.5 Å². The van der Waals surface area contributed by atoms with E-state index in [0.717, 1.165) is 22.6 Å². The highest BCUT2D eigenvalue weighted by molar-refractivity contribution is 5.44. The first-order chi connectivity index (χ1) is 10.2. The summed E-state index contributed by atoms with van der Waals surface area (Å²) in [5.41, 5.74) is 2.05. The van der Waals surface area contributed by atoms with Crippen molar-refractivity contribution in [2.24, 2.45) is 0 Å². The van der Waals surface area contributed by atoms with Crippen LogP contribution >= 0.6 is 0 Å². The molecule has 0 amide bonds. The highest BCUT2D eigenvalue weighted by Gasteiger charge is 2.14. The molecule has 3 nitrogen and oxygen atoms in total. The van der Waals surface area contributed by atoms with E-state index >= 15 is 0 Å². The summed E-state index contributed by atoms with van der Waals surface area (Å²) in [7, 11) is 0. The molecule has 1 atom stereocenters. The van der Waals surface area contributed by atoms with Crippen LogP contribution in [0, 0.1) is 5.82 Å². The Hall–Kier alpha value is -2.07. The maximum atomic E-state index is 13.1. The number of hydrogen-bond acceptors (Lipinski definition) is 3. The molecule has 2 aromatic rings. The molecule has 1 N–H and O–H groups in total. The molecule has 2 aromatic carbocycles. The molecule has 0 saturated carbocycles. The quantitative estimate of drug-likeness (QED) is 0.934. The van der Waals surface area contributed by atoms with Crippen LogP contribution in [0.4, 0.5) is 4.39 Å². The Kier molecular flexibility index (Phi) is 4.06. The first kappa shape index (κ1) is 13.9. The van der Waals surface area contributed by atoms with Gasteiger partial charge in [-0.2, -0.15) is 0 Å². The van der Waals surface area contributed by atoms with Crippen LogP contribution in [0.2, 0.25) is 0 Å². The van der Waals surface area contributed by atoms with Gasteiger partial charge >= 0.3 is 0 Å². The summed E-state index contributed by atoms with van der Waals surface area (Å²) in [6, 6.07) is 12.7. The smallest absolute Gasteiger partial charge is 0.161 e. The SMILES string of the molecule is CC(NCc1cccc(F)c1)c1ccc2c(c1)OCCO2. The summed E-state index contributed by atoms with van der Waals surface area (Å²) in [5, 5.41) is 3.39. The Bertz CT molecular complexity index is 630. The molecule has 1 aliphatic rings. The fourth-order valence-corrected chi connectivity index (χ4v) is 2.37. The minimum atomic E-state index is -0.207. The lowest BCUT2D eigenvalue weighted by Gasteiger charge is -2.21. The van der Waals surface area contributed by atoms with E-state index in [1.165, 1.54) is 6.07 Å². The number of benzene rings is 2. The highest BCUT2D eigenvalue weighted by atomic mass is 19.1. The van der Waals surface area contributed by atoms with Gasteiger partial charge in [0.2, 0.25) is 0 Å². The van der Waals surface area contributed by atoms with Crippen molar-refractivity contribution in [1.82, 2.24) is 5.32 Å². The largest absolute Gasteiger partial charge is 0.486 e. The van der Waals surface area contributed by atoms with Gasteiger partial charge in [0.1, 0.15) is 19.0 Å². The zero-order chi connectivity index (χ0) is 14.7. The average molecular weight is 287 g/mol. The van der Waals surface area contributed by atoms with Crippen LogP contribution in [0.1, 0.15) is 24.1 Å². The molecule has 110 valence electrons. The average Bonchev–Trinajstić information content (AvgIpc) is 2.52. The topological polar surface area (TPSA) is 30.5 Å². The lowest BCUT2D eigenvalue weighted by atomic mass is 10.1. The molecule has 0 saturated heterocycles. The van der Waals surface area contributed by atoms with E-state index < -0.39 is 0 Å². The zero-order valence-corrected chi connectivity index (χ0v) is 11.9. The van der Waals surface area contributed by atoms with Crippen molar-refractivity contribution in [1.29, 1.82) is 0 Å². The fraction of sp³-hybridized carbons (Fsp3) is 0.294. The Morgan fingerprint density at radius 2 is 1.90 bits per heavy atom. The number of halogens is 1. The van der Waals surface area contributed by atoms with E-state index in [-0.39, 0.29) is 11.9 Å². The molecule has 4 heteroatoms. The maximum Gasteiger partial charge on any atom is 0.161 e. The lowest BCUT2D eigenvalue weighted by molar-refractivity contribution is 0.171. The Labute approximate surface area is 123 Å². The maximum absolute atomic E-state index is 13.1. The van der Waals surface area contributed by atoms with Gasteiger partial charge in [0.25, 0.3) is 0 Å². The number of hydrogen-bond donors (Lipinski definition) is 1. The van der Waals surface area contributed by atoms with Crippen LogP contribution in [0.3, 0.4) is 0 Å². The Balaban J connectivity index is 1.66. The van der Waals surface area contributed by atoms with Gasteiger partial charge in [-0.3, -0.25) is 0 Å². The lowest BCUT2D eigenvalue weighted by Crippen LogP contribution is -2.19. The normalized spacial score (nSPS) is 14.8. The van der Waals surface area contributed by atoms with E-state index in [9.17, 15) is 4.39 Å². The van der Waals surface area contributed by atoms with Crippen molar-refractivity contribution in [3.05, 3.63) is 59.4 Å². The van der Waals surface area contributed by atoms with Gasteiger partial charge in [-0.1, -0.05) is 18.2 Å². The molecule has 0 aliphatic carbocycles. The van der Waals surface area contributed by atoms with Gasteiger partial charge in [0, 0.05) is 12.6 Å². The molecule has 0 spiro atoms. The van der Waals surface area contributed by atoms with E-state index in [1.54, 1.807) is 12.1 Å². The fourth-order valence-electron chi connectivity index (χ4n) is 2.37. The van der Waals surface area contributed by atoms with Gasteiger partial charge in [0.05, 0.1) is 0 Å². The second kappa shape index (κ2) is 6.14. The predicted molar refractivity (Wildman–Crippen MR) is 79.1 cm³/mol. The summed E-state index contributed by atoms with van der Waals surface area (Å²) in [6.45, 7) is 3.87. The molecule has 0 fully saturated rings. The van der Waals surface area contributed by atoms with Crippen LogP contribution in [-0.2, 0) is 6.54 Å². The van der Waals surface area contributed by atoms with Gasteiger partial charge in [-0.25, -0.2) is 4.39 Å². The van der Waals surface area contributed by atoms with Gasteiger partial charge in [-0.05, 0) is 42.3 Å². The molecular weight excluding hydrogens is 269 g/mol. The van der Waals surface area contributed by atoms with Crippen LogP contribution < -0.4 is 14.8 Å². The van der Waals surface area contributed by atoms with Crippen LogP contribution in [-0.4, -0.2) is 13.2 Å². The molecule has 0 aromatic heterocycles. The summed E-state index contributed by atoms with van der Waals surface area (Å²) in [5.74, 6) is 1.38. The number of ether oxygens (including phenoxy) is 2. The summed E-state index contributed by atoms with van der Waals surface area (Å²) in [6.07, 6.45) is 0. The molecule has 1 aliphatic heterocycles. The van der Waals surface area contributed by atoms with Crippen LogP contribution in [0.15, 0.2) is 42.5 Å². The van der Waals surface area contributed by atoms with Gasteiger partial charge < -0.3 is 14.8 Å². The molecular formula is C17H18FNO2. The Morgan fingerprint density at radius 1 is 1.10 bits per heavy atom. The Morgan fingerprint density at radius 3 is 2.71 bits per heavy atom. The van der Waals surface area contributed by atoms with Crippen molar-refractivity contribution in [3.63, 3.8) is 0 Å². The number of rotatable bonds is 4. The third kappa shape index (κ3) is 3.34. The zero-order valence-electron chi connectivity index (χ0n) is 11.9. The minimum Gasteiger partial charge on any atom is -0.486 e. The summed E-state index contributed by atoms with van der Waals surface area (Å²) >= 11 is 0.